The van der Waals surface area contributed by atoms with Gasteiger partial charge in [0, 0.05) is 6.08 Å². The molecule has 2 aliphatic rings. The lowest BCUT2D eigenvalue weighted by atomic mass is 10.2. The molecule has 5 heteroatoms. The monoisotopic (exact) mass is 290 g/mol. The molecule has 2 unspecified atom stereocenters. The molecule has 0 aliphatic carbocycles. The molecule has 2 atom stereocenters. The number of ether oxygens (including phenoxy) is 4. The summed E-state index contributed by atoms with van der Waals surface area (Å²) in [6, 6.07) is 9.66. The van der Waals surface area contributed by atoms with E-state index in [1.54, 1.807) is 6.08 Å². The van der Waals surface area contributed by atoms with Gasteiger partial charge in [0.2, 0.25) is 5.76 Å². The summed E-state index contributed by atoms with van der Waals surface area (Å²) in [7, 11) is 0. The fourth-order valence-electron chi connectivity index (χ4n) is 2.34. The second-order valence-corrected chi connectivity index (χ2v) is 5.54. The van der Waals surface area contributed by atoms with E-state index in [0.717, 1.165) is 5.56 Å². The number of esters is 1. The van der Waals surface area contributed by atoms with Crippen molar-refractivity contribution < 1.29 is 23.7 Å². The van der Waals surface area contributed by atoms with E-state index in [1.165, 1.54) is 0 Å². The molecule has 2 aliphatic heterocycles. The van der Waals surface area contributed by atoms with E-state index in [0.29, 0.717) is 13.2 Å². The Bertz CT molecular complexity index is 549. The van der Waals surface area contributed by atoms with Gasteiger partial charge in [-0.1, -0.05) is 30.3 Å². The molecule has 2 heterocycles. The van der Waals surface area contributed by atoms with Gasteiger partial charge in [-0.25, -0.2) is 4.79 Å². The van der Waals surface area contributed by atoms with Crippen LogP contribution in [0.2, 0.25) is 0 Å². The smallest absolute Gasteiger partial charge is 0.374 e. The van der Waals surface area contributed by atoms with Gasteiger partial charge in [0.25, 0.3) is 0 Å². The Balaban J connectivity index is 1.61. The van der Waals surface area contributed by atoms with Crippen LogP contribution in [0.1, 0.15) is 19.4 Å². The minimum absolute atomic E-state index is 0.233. The summed E-state index contributed by atoms with van der Waals surface area (Å²) in [5.74, 6) is -0.861. The first-order valence-electron chi connectivity index (χ1n) is 6.95. The van der Waals surface area contributed by atoms with Crippen molar-refractivity contribution in [2.45, 2.75) is 38.4 Å². The number of rotatable bonds is 4. The highest BCUT2D eigenvalue weighted by Gasteiger charge is 2.41. The van der Waals surface area contributed by atoms with E-state index < -0.39 is 17.9 Å². The molecule has 0 bridgehead atoms. The summed E-state index contributed by atoms with van der Waals surface area (Å²) in [5, 5.41) is 0. The molecule has 0 amide bonds. The first-order chi connectivity index (χ1) is 10.0. The number of cyclic esters (lactones) is 1. The Labute approximate surface area is 123 Å². The summed E-state index contributed by atoms with van der Waals surface area (Å²) >= 11 is 0. The molecule has 1 aromatic carbocycles. The summed E-state index contributed by atoms with van der Waals surface area (Å²) in [4.78, 5) is 11.8. The van der Waals surface area contributed by atoms with Crippen molar-refractivity contribution in [3.8, 4) is 0 Å². The third-order valence-corrected chi connectivity index (χ3v) is 3.39. The molecule has 0 aromatic heterocycles. The maximum Gasteiger partial charge on any atom is 0.374 e. The van der Waals surface area contributed by atoms with Crippen LogP contribution in [-0.4, -0.2) is 30.6 Å². The SMILES string of the molecule is CC1(C)OCC(C2C=C(OCc3ccccc3)C(=O)O2)O1. The van der Waals surface area contributed by atoms with Crippen molar-refractivity contribution in [2.75, 3.05) is 6.61 Å². The summed E-state index contributed by atoms with van der Waals surface area (Å²) in [6.45, 7) is 4.40. The van der Waals surface area contributed by atoms with E-state index in [2.05, 4.69) is 0 Å². The minimum atomic E-state index is -0.640. The van der Waals surface area contributed by atoms with Crippen LogP contribution in [0.15, 0.2) is 42.2 Å². The number of hydrogen-bond donors (Lipinski definition) is 0. The quantitative estimate of drug-likeness (QED) is 0.795. The van der Waals surface area contributed by atoms with Gasteiger partial charge in [-0.15, -0.1) is 0 Å². The van der Waals surface area contributed by atoms with Crippen LogP contribution in [0.3, 0.4) is 0 Å². The van der Waals surface area contributed by atoms with Crippen molar-refractivity contribution in [3.63, 3.8) is 0 Å². The number of hydrogen-bond acceptors (Lipinski definition) is 5. The van der Waals surface area contributed by atoms with Gasteiger partial charge < -0.3 is 18.9 Å². The van der Waals surface area contributed by atoms with Crippen LogP contribution in [0.5, 0.6) is 0 Å². The Morgan fingerprint density at radius 3 is 2.71 bits per heavy atom. The molecule has 0 N–H and O–H groups in total. The molecule has 0 radical (unpaired) electrons. The highest BCUT2D eigenvalue weighted by Crippen LogP contribution is 2.29. The first-order valence-corrected chi connectivity index (χ1v) is 6.95. The second kappa shape index (κ2) is 5.50. The van der Waals surface area contributed by atoms with Gasteiger partial charge in [0.1, 0.15) is 12.7 Å². The molecule has 1 aromatic rings. The standard InChI is InChI=1S/C16H18O5/c1-16(2)19-10-14(21-16)12-8-13(15(17)20-12)18-9-11-6-4-3-5-7-11/h3-8,12,14H,9-10H2,1-2H3. The molecule has 1 saturated heterocycles. The van der Waals surface area contributed by atoms with Gasteiger partial charge >= 0.3 is 5.97 Å². The lowest BCUT2D eigenvalue weighted by Gasteiger charge is -2.19. The lowest BCUT2D eigenvalue weighted by Crippen LogP contribution is -2.30. The average Bonchev–Trinajstić information content (AvgIpc) is 3.00. The van der Waals surface area contributed by atoms with E-state index in [-0.39, 0.29) is 11.9 Å². The topological polar surface area (TPSA) is 54.0 Å². The largest absolute Gasteiger partial charge is 0.482 e. The Morgan fingerprint density at radius 1 is 1.29 bits per heavy atom. The van der Waals surface area contributed by atoms with Gasteiger partial charge in [0.15, 0.2) is 11.9 Å². The normalized spacial score (nSPS) is 27.3. The average molecular weight is 290 g/mol. The number of carbonyl (C=O) groups is 1. The molecule has 3 rings (SSSR count). The zero-order valence-electron chi connectivity index (χ0n) is 12.1. The first kappa shape index (κ1) is 14.1. The minimum Gasteiger partial charge on any atom is -0.482 e. The second-order valence-electron chi connectivity index (χ2n) is 5.54. The maximum atomic E-state index is 11.8. The molecule has 0 spiro atoms. The van der Waals surface area contributed by atoms with E-state index in [1.807, 2.05) is 44.2 Å². The highest BCUT2D eigenvalue weighted by molar-refractivity contribution is 5.88. The molecule has 21 heavy (non-hydrogen) atoms. The molecule has 112 valence electrons. The van der Waals surface area contributed by atoms with E-state index in [4.69, 9.17) is 18.9 Å². The van der Waals surface area contributed by atoms with Crippen molar-refractivity contribution in [1.82, 2.24) is 0 Å². The summed E-state index contributed by atoms with van der Waals surface area (Å²) in [5.41, 5.74) is 0.997. The molecular formula is C16H18O5. The summed E-state index contributed by atoms with van der Waals surface area (Å²) in [6.07, 6.45) is 0.924. The van der Waals surface area contributed by atoms with Crippen LogP contribution in [0.4, 0.5) is 0 Å². The fourth-order valence-corrected chi connectivity index (χ4v) is 2.34. The lowest BCUT2D eigenvalue weighted by molar-refractivity contribution is -0.161. The van der Waals surface area contributed by atoms with Gasteiger partial charge in [0.05, 0.1) is 6.61 Å². The van der Waals surface area contributed by atoms with Crippen molar-refractivity contribution >= 4 is 5.97 Å². The van der Waals surface area contributed by atoms with Crippen LogP contribution in [-0.2, 0) is 30.3 Å². The molecular weight excluding hydrogens is 272 g/mol. The predicted molar refractivity (Wildman–Crippen MR) is 74.1 cm³/mol. The van der Waals surface area contributed by atoms with Crippen molar-refractivity contribution in [3.05, 3.63) is 47.7 Å². The van der Waals surface area contributed by atoms with Crippen molar-refractivity contribution in [1.29, 1.82) is 0 Å². The molecule has 0 saturated carbocycles. The zero-order valence-corrected chi connectivity index (χ0v) is 12.1. The van der Waals surface area contributed by atoms with E-state index >= 15 is 0 Å². The Morgan fingerprint density at radius 2 is 2.05 bits per heavy atom. The molecule has 1 fully saturated rings. The summed E-state index contributed by atoms with van der Waals surface area (Å²) < 4.78 is 22.0. The van der Waals surface area contributed by atoms with Crippen LogP contribution < -0.4 is 0 Å². The third-order valence-electron chi connectivity index (χ3n) is 3.39. The van der Waals surface area contributed by atoms with Gasteiger partial charge in [-0.3, -0.25) is 0 Å². The third kappa shape index (κ3) is 3.25. The Hall–Kier alpha value is -1.85. The molecule has 5 nitrogen and oxygen atoms in total. The van der Waals surface area contributed by atoms with Gasteiger partial charge in [-0.05, 0) is 19.4 Å². The van der Waals surface area contributed by atoms with Gasteiger partial charge in [-0.2, -0.15) is 0 Å². The van der Waals surface area contributed by atoms with Crippen molar-refractivity contribution in [2.24, 2.45) is 0 Å². The number of benzene rings is 1. The van der Waals surface area contributed by atoms with E-state index in [9.17, 15) is 4.79 Å². The maximum absolute atomic E-state index is 11.8. The van der Waals surface area contributed by atoms with Crippen LogP contribution in [0, 0.1) is 0 Å². The number of carbonyl (C=O) groups excluding carboxylic acids is 1. The zero-order chi connectivity index (χ0) is 14.9. The highest BCUT2D eigenvalue weighted by atomic mass is 16.8. The van der Waals surface area contributed by atoms with Crippen LogP contribution >= 0.6 is 0 Å². The fraction of sp³-hybridized carbons (Fsp3) is 0.438. The Kier molecular flexibility index (Phi) is 3.69. The predicted octanol–water partition coefficient (Wildman–Crippen LogP) is 2.16. The van der Waals surface area contributed by atoms with Crippen LogP contribution in [0.25, 0.3) is 0 Å².